The molecule has 9 heteroatoms. The van der Waals surface area contributed by atoms with Gasteiger partial charge in [0.25, 0.3) is 0 Å². The Morgan fingerprint density at radius 2 is 1.88 bits per heavy atom. The summed E-state index contributed by atoms with van der Waals surface area (Å²) in [4.78, 5) is 20.5. The van der Waals surface area contributed by atoms with Gasteiger partial charge in [-0.05, 0) is 31.2 Å². The van der Waals surface area contributed by atoms with Crippen LogP contribution in [0.15, 0.2) is 52.8 Å². The molecule has 2 aromatic rings. The average Bonchev–Trinajstić information content (AvgIpc) is 2.55. The molecule has 0 aliphatic heterocycles. The third-order valence-corrected chi connectivity index (χ3v) is 5.87. The van der Waals surface area contributed by atoms with Gasteiger partial charge in [0.05, 0.1) is 10.1 Å². The topological polar surface area (TPSA) is 92.3 Å². The molecule has 0 saturated carbocycles. The van der Waals surface area contributed by atoms with Crippen molar-refractivity contribution in [2.24, 2.45) is 0 Å². The van der Waals surface area contributed by atoms with Crippen molar-refractivity contribution in [2.45, 2.75) is 22.2 Å². The van der Waals surface area contributed by atoms with E-state index in [1.54, 1.807) is 37.5 Å². The fourth-order valence-corrected chi connectivity index (χ4v) is 3.42. The molecule has 1 unspecified atom stereocenters. The number of carbonyl (C=O) groups is 1. The van der Waals surface area contributed by atoms with Gasteiger partial charge in [0.15, 0.2) is 5.16 Å². The number of benzene rings is 1. The summed E-state index contributed by atoms with van der Waals surface area (Å²) in [6.45, 7) is 1.73. The highest BCUT2D eigenvalue weighted by Gasteiger charge is 2.19. The summed E-state index contributed by atoms with van der Waals surface area (Å²) in [5.74, 6) is -0.258. The highest BCUT2D eigenvalue weighted by Crippen LogP contribution is 2.22. The molecule has 1 atom stereocenters. The molecular weight excluding hydrogens is 348 g/mol. The Morgan fingerprint density at radius 3 is 2.50 bits per heavy atom. The van der Waals surface area contributed by atoms with Crippen molar-refractivity contribution in [3.8, 4) is 0 Å². The zero-order valence-electron chi connectivity index (χ0n) is 13.5. The van der Waals surface area contributed by atoms with Crippen LogP contribution in [-0.4, -0.2) is 47.9 Å². The highest BCUT2D eigenvalue weighted by atomic mass is 32.2. The SMILES string of the molecule is CC(Sc1ncccn1)C(=O)Nc1cccc(S(=O)(=O)N(C)C)c1. The number of sulfonamides is 1. The van der Waals surface area contributed by atoms with Crippen LogP contribution >= 0.6 is 11.8 Å². The molecule has 1 aromatic heterocycles. The Morgan fingerprint density at radius 1 is 1.21 bits per heavy atom. The van der Waals surface area contributed by atoms with E-state index in [4.69, 9.17) is 0 Å². The lowest BCUT2D eigenvalue weighted by atomic mass is 10.3. The number of anilines is 1. The fraction of sp³-hybridized carbons (Fsp3) is 0.267. The smallest absolute Gasteiger partial charge is 0.242 e. The van der Waals surface area contributed by atoms with Crippen LogP contribution in [0.1, 0.15) is 6.92 Å². The van der Waals surface area contributed by atoms with Gasteiger partial charge in [-0.25, -0.2) is 22.7 Å². The normalized spacial score (nSPS) is 12.8. The Hall–Kier alpha value is -1.97. The summed E-state index contributed by atoms with van der Waals surface area (Å²) in [6.07, 6.45) is 3.21. The van der Waals surface area contributed by atoms with E-state index in [9.17, 15) is 13.2 Å². The largest absolute Gasteiger partial charge is 0.325 e. The minimum absolute atomic E-state index is 0.122. The van der Waals surface area contributed by atoms with Crippen LogP contribution in [0.4, 0.5) is 5.69 Å². The maximum Gasteiger partial charge on any atom is 0.242 e. The summed E-state index contributed by atoms with van der Waals surface area (Å²) < 4.78 is 25.4. The number of carbonyl (C=O) groups excluding carboxylic acids is 1. The van der Waals surface area contributed by atoms with Gasteiger partial charge in [0.1, 0.15) is 0 Å². The summed E-state index contributed by atoms with van der Waals surface area (Å²) in [6, 6.07) is 7.85. The number of hydrogen-bond acceptors (Lipinski definition) is 6. The molecule has 1 N–H and O–H groups in total. The van der Waals surface area contributed by atoms with Crippen molar-refractivity contribution < 1.29 is 13.2 Å². The highest BCUT2D eigenvalue weighted by molar-refractivity contribution is 8.00. The summed E-state index contributed by atoms with van der Waals surface area (Å²) in [7, 11) is -0.632. The van der Waals surface area contributed by atoms with Crippen LogP contribution in [-0.2, 0) is 14.8 Å². The maximum absolute atomic E-state index is 12.3. The Bertz CT molecular complexity index is 810. The van der Waals surface area contributed by atoms with E-state index >= 15 is 0 Å². The average molecular weight is 366 g/mol. The third kappa shape index (κ3) is 4.53. The van der Waals surface area contributed by atoms with E-state index in [1.165, 1.54) is 38.0 Å². The number of thioether (sulfide) groups is 1. The van der Waals surface area contributed by atoms with E-state index in [0.29, 0.717) is 10.8 Å². The quantitative estimate of drug-likeness (QED) is 0.619. The van der Waals surface area contributed by atoms with Gasteiger partial charge in [-0.15, -0.1) is 0 Å². The first kappa shape index (κ1) is 18.4. The lowest BCUT2D eigenvalue weighted by molar-refractivity contribution is -0.115. The maximum atomic E-state index is 12.3. The van der Waals surface area contributed by atoms with Gasteiger partial charge in [0.2, 0.25) is 15.9 Å². The van der Waals surface area contributed by atoms with Crippen LogP contribution in [0.2, 0.25) is 0 Å². The van der Waals surface area contributed by atoms with Crippen molar-refractivity contribution in [1.29, 1.82) is 0 Å². The van der Waals surface area contributed by atoms with Crippen molar-refractivity contribution in [2.75, 3.05) is 19.4 Å². The van der Waals surface area contributed by atoms with Crippen LogP contribution in [0.25, 0.3) is 0 Å². The second-order valence-electron chi connectivity index (χ2n) is 5.10. The number of nitrogens with one attached hydrogen (secondary N) is 1. The molecule has 1 aromatic carbocycles. The molecule has 0 saturated heterocycles. The molecule has 0 bridgehead atoms. The molecule has 0 aliphatic carbocycles. The number of rotatable bonds is 6. The van der Waals surface area contributed by atoms with E-state index in [0.717, 1.165) is 4.31 Å². The molecule has 7 nitrogen and oxygen atoms in total. The fourth-order valence-electron chi connectivity index (χ4n) is 1.75. The molecule has 0 radical (unpaired) electrons. The lowest BCUT2D eigenvalue weighted by Gasteiger charge is -2.14. The van der Waals surface area contributed by atoms with Gasteiger partial charge in [-0.1, -0.05) is 17.8 Å². The first-order valence-corrected chi connectivity index (χ1v) is 9.40. The summed E-state index contributed by atoms with van der Waals surface area (Å²) in [5, 5.41) is 2.79. The predicted molar refractivity (Wildman–Crippen MR) is 93.3 cm³/mol. The minimum Gasteiger partial charge on any atom is -0.325 e. The monoisotopic (exact) mass is 366 g/mol. The van der Waals surface area contributed by atoms with Gasteiger partial charge < -0.3 is 5.32 Å². The molecule has 1 heterocycles. The number of nitrogens with zero attached hydrogens (tertiary/aromatic N) is 3. The third-order valence-electron chi connectivity index (χ3n) is 3.07. The molecule has 2 rings (SSSR count). The van der Waals surface area contributed by atoms with Crippen molar-refractivity contribution >= 4 is 33.4 Å². The standard InChI is InChI=1S/C15H18N4O3S2/c1-11(23-15-16-8-5-9-17-15)14(20)18-12-6-4-7-13(10-12)24(21,22)19(2)3/h4-11H,1-3H3,(H,18,20). The predicted octanol–water partition coefficient (Wildman–Crippen LogP) is 1.85. The van der Waals surface area contributed by atoms with Crippen molar-refractivity contribution in [1.82, 2.24) is 14.3 Å². The van der Waals surface area contributed by atoms with Crippen LogP contribution in [0, 0.1) is 0 Å². The molecular formula is C15H18N4O3S2. The van der Waals surface area contributed by atoms with E-state index < -0.39 is 15.3 Å². The van der Waals surface area contributed by atoms with Gasteiger partial charge in [-0.3, -0.25) is 4.79 Å². The van der Waals surface area contributed by atoms with Crippen LogP contribution in [0.5, 0.6) is 0 Å². The first-order chi connectivity index (χ1) is 11.3. The Labute approximate surface area is 145 Å². The van der Waals surface area contributed by atoms with Crippen molar-refractivity contribution in [3.63, 3.8) is 0 Å². The minimum atomic E-state index is -3.55. The summed E-state index contributed by atoms with van der Waals surface area (Å²) >= 11 is 1.22. The van der Waals surface area contributed by atoms with Gasteiger partial charge >= 0.3 is 0 Å². The number of amides is 1. The van der Waals surface area contributed by atoms with E-state index in [-0.39, 0.29) is 10.8 Å². The lowest BCUT2D eigenvalue weighted by Crippen LogP contribution is -2.24. The summed E-state index contributed by atoms with van der Waals surface area (Å²) in [5.41, 5.74) is 0.421. The Kier molecular flexibility index (Phi) is 5.92. The van der Waals surface area contributed by atoms with E-state index in [1.807, 2.05) is 0 Å². The number of aromatic nitrogens is 2. The second-order valence-corrected chi connectivity index (χ2v) is 8.56. The van der Waals surface area contributed by atoms with Gasteiger partial charge in [-0.2, -0.15) is 0 Å². The second kappa shape index (κ2) is 7.73. The van der Waals surface area contributed by atoms with E-state index in [2.05, 4.69) is 15.3 Å². The number of hydrogen-bond donors (Lipinski definition) is 1. The molecule has 0 spiro atoms. The van der Waals surface area contributed by atoms with Crippen LogP contribution < -0.4 is 5.32 Å². The molecule has 0 aliphatic rings. The molecule has 0 fully saturated rings. The zero-order chi connectivity index (χ0) is 17.7. The van der Waals surface area contributed by atoms with Gasteiger partial charge in [0, 0.05) is 32.2 Å². The molecule has 128 valence electrons. The Balaban J connectivity index is 2.09. The zero-order valence-corrected chi connectivity index (χ0v) is 15.1. The van der Waals surface area contributed by atoms with Crippen molar-refractivity contribution in [3.05, 3.63) is 42.7 Å². The molecule has 1 amide bonds. The van der Waals surface area contributed by atoms with Crippen LogP contribution in [0.3, 0.4) is 0 Å². The molecule has 24 heavy (non-hydrogen) atoms. The first-order valence-electron chi connectivity index (χ1n) is 7.08.